The van der Waals surface area contributed by atoms with Crippen LogP contribution in [0.1, 0.15) is 50.6 Å². The monoisotopic (exact) mass is 287 g/mol. The summed E-state index contributed by atoms with van der Waals surface area (Å²) in [5.41, 5.74) is 2.36. The minimum Gasteiger partial charge on any atom is -0.477 e. The molecule has 0 aromatic carbocycles. The number of carbonyl (C=O) groups is 2. The molecule has 0 bridgehead atoms. The molecule has 0 aliphatic carbocycles. The maximum Gasteiger partial charge on any atom is 0.352 e. The molecule has 0 spiro atoms. The zero-order valence-corrected chi connectivity index (χ0v) is 12.1. The molecule has 1 atom stereocenters. The Bertz CT molecular complexity index is 677. The second kappa shape index (κ2) is 5.78. The first-order chi connectivity index (χ1) is 9.91. The molecule has 0 saturated heterocycles. The number of pyridine rings is 1. The second-order valence-corrected chi connectivity index (χ2v) is 4.91. The third kappa shape index (κ3) is 2.94. The quantitative estimate of drug-likeness (QED) is 0.803. The maximum atomic E-state index is 12.4. The van der Waals surface area contributed by atoms with Crippen LogP contribution in [0.25, 0.3) is 0 Å². The average molecular weight is 287 g/mol. The van der Waals surface area contributed by atoms with Crippen LogP contribution in [0.3, 0.4) is 0 Å². The SMILES string of the molecule is Cc1[nH]c(C(=O)O)c(C)c1C(=O)NC(C)c1ccncc1. The molecule has 2 aromatic rings. The van der Waals surface area contributed by atoms with E-state index in [0.717, 1.165) is 5.56 Å². The van der Waals surface area contributed by atoms with Crippen molar-refractivity contribution in [1.82, 2.24) is 15.3 Å². The van der Waals surface area contributed by atoms with E-state index in [0.29, 0.717) is 16.8 Å². The Labute approximate surface area is 122 Å². The molecule has 0 saturated carbocycles. The van der Waals surface area contributed by atoms with E-state index in [2.05, 4.69) is 15.3 Å². The number of hydrogen-bond donors (Lipinski definition) is 3. The van der Waals surface area contributed by atoms with Crippen molar-refractivity contribution < 1.29 is 14.7 Å². The number of nitrogens with one attached hydrogen (secondary N) is 2. The summed E-state index contributed by atoms with van der Waals surface area (Å²) in [4.78, 5) is 30.1. The predicted octanol–water partition coefficient (Wildman–Crippen LogP) is 2.22. The Hall–Kier alpha value is -2.63. The summed E-state index contributed by atoms with van der Waals surface area (Å²) < 4.78 is 0. The molecule has 6 nitrogen and oxygen atoms in total. The van der Waals surface area contributed by atoms with Crippen LogP contribution < -0.4 is 5.32 Å². The van der Waals surface area contributed by atoms with Gasteiger partial charge in [0.2, 0.25) is 0 Å². The van der Waals surface area contributed by atoms with E-state index in [1.165, 1.54) is 0 Å². The minimum absolute atomic E-state index is 0.0502. The van der Waals surface area contributed by atoms with Gasteiger partial charge >= 0.3 is 5.97 Å². The molecule has 0 aliphatic rings. The molecule has 0 aliphatic heterocycles. The highest BCUT2D eigenvalue weighted by atomic mass is 16.4. The van der Waals surface area contributed by atoms with Gasteiger partial charge < -0.3 is 15.4 Å². The van der Waals surface area contributed by atoms with Crippen molar-refractivity contribution >= 4 is 11.9 Å². The molecule has 2 aromatic heterocycles. The Morgan fingerprint density at radius 2 is 1.90 bits per heavy atom. The van der Waals surface area contributed by atoms with E-state index >= 15 is 0 Å². The lowest BCUT2D eigenvalue weighted by molar-refractivity contribution is 0.0690. The molecule has 6 heteroatoms. The van der Waals surface area contributed by atoms with Crippen molar-refractivity contribution in [3.05, 3.63) is 52.6 Å². The highest BCUT2D eigenvalue weighted by Crippen LogP contribution is 2.19. The average Bonchev–Trinajstić information content (AvgIpc) is 2.75. The van der Waals surface area contributed by atoms with Crippen molar-refractivity contribution in [1.29, 1.82) is 0 Å². The van der Waals surface area contributed by atoms with Crippen LogP contribution in [0, 0.1) is 13.8 Å². The number of carboxylic acids is 1. The zero-order valence-electron chi connectivity index (χ0n) is 12.1. The first-order valence-electron chi connectivity index (χ1n) is 6.55. The Morgan fingerprint density at radius 3 is 2.43 bits per heavy atom. The van der Waals surface area contributed by atoms with Gasteiger partial charge in [-0.25, -0.2) is 4.79 Å². The number of aromatic carboxylic acids is 1. The molecule has 21 heavy (non-hydrogen) atoms. The smallest absolute Gasteiger partial charge is 0.352 e. The van der Waals surface area contributed by atoms with E-state index in [9.17, 15) is 9.59 Å². The fraction of sp³-hybridized carbons (Fsp3) is 0.267. The fourth-order valence-corrected chi connectivity index (χ4v) is 2.31. The van der Waals surface area contributed by atoms with Gasteiger partial charge in [0.25, 0.3) is 5.91 Å². The first-order valence-corrected chi connectivity index (χ1v) is 6.55. The van der Waals surface area contributed by atoms with Gasteiger partial charge in [-0.2, -0.15) is 0 Å². The largest absolute Gasteiger partial charge is 0.477 e. The standard InChI is InChI=1S/C15H17N3O3/c1-8-12(10(3)17-13(8)15(20)21)14(19)18-9(2)11-4-6-16-7-5-11/h4-7,9,17H,1-3H3,(H,18,19)(H,20,21). The molecule has 0 fully saturated rings. The van der Waals surface area contributed by atoms with Crippen LogP contribution in [-0.4, -0.2) is 27.0 Å². The number of nitrogens with zero attached hydrogens (tertiary/aromatic N) is 1. The first kappa shape index (κ1) is 14.8. The van der Waals surface area contributed by atoms with E-state index in [-0.39, 0.29) is 17.6 Å². The molecule has 0 radical (unpaired) electrons. The number of carboxylic acid groups (broad SMARTS) is 1. The Morgan fingerprint density at radius 1 is 1.29 bits per heavy atom. The summed E-state index contributed by atoms with van der Waals surface area (Å²) >= 11 is 0. The van der Waals surface area contributed by atoms with Crippen LogP contribution in [0.4, 0.5) is 0 Å². The van der Waals surface area contributed by atoms with Gasteiger partial charge in [-0.3, -0.25) is 9.78 Å². The molecule has 1 unspecified atom stereocenters. The summed E-state index contributed by atoms with van der Waals surface area (Å²) in [7, 11) is 0. The van der Waals surface area contributed by atoms with Gasteiger partial charge in [0.1, 0.15) is 5.69 Å². The lowest BCUT2D eigenvalue weighted by Crippen LogP contribution is -2.27. The number of amides is 1. The van der Waals surface area contributed by atoms with Crippen molar-refractivity contribution in [3.8, 4) is 0 Å². The summed E-state index contributed by atoms with van der Waals surface area (Å²) in [6, 6.07) is 3.46. The lowest BCUT2D eigenvalue weighted by atomic mass is 10.1. The van der Waals surface area contributed by atoms with E-state index < -0.39 is 5.97 Å². The molecule has 2 heterocycles. The van der Waals surface area contributed by atoms with Crippen LogP contribution in [0.2, 0.25) is 0 Å². The number of aryl methyl sites for hydroxylation is 1. The molecule has 110 valence electrons. The van der Waals surface area contributed by atoms with Crippen LogP contribution in [-0.2, 0) is 0 Å². The summed E-state index contributed by atoms with van der Waals surface area (Å²) in [6.45, 7) is 5.17. The Balaban J connectivity index is 2.23. The van der Waals surface area contributed by atoms with Gasteiger partial charge in [0.15, 0.2) is 0 Å². The lowest BCUT2D eigenvalue weighted by Gasteiger charge is -2.14. The van der Waals surface area contributed by atoms with Crippen molar-refractivity contribution in [2.75, 3.05) is 0 Å². The van der Waals surface area contributed by atoms with Crippen molar-refractivity contribution in [2.45, 2.75) is 26.8 Å². The molecule has 1 amide bonds. The van der Waals surface area contributed by atoms with E-state index in [1.807, 2.05) is 19.1 Å². The van der Waals surface area contributed by atoms with Gasteiger partial charge in [0.05, 0.1) is 11.6 Å². The summed E-state index contributed by atoms with van der Waals surface area (Å²) in [5, 5.41) is 11.9. The van der Waals surface area contributed by atoms with Crippen molar-refractivity contribution in [3.63, 3.8) is 0 Å². The van der Waals surface area contributed by atoms with E-state index in [1.54, 1.807) is 26.2 Å². The van der Waals surface area contributed by atoms with Gasteiger partial charge in [0, 0.05) is 18.1 Å². The van der Waals surface area contributed by atoms with Gasteiger partial charge in [-0.05, 0) is 44.0 Å². The number of rotatable bonds is 4. The highest BCUT2D eigenvalue weighted by molar-refractivity contribution is 6.00. The third-order valence-corrected chi connectivity index (χ3v) is 3.43. The predicted molar refractivity (Wildman–Crippen MR) is 77.3 cm³/mol. The minimum atomic E-state index is -1.07. The highest BCUT2D eigenvalue weighted by Gasteiger charge is 2.22. The van der Waals surface area contributed by atoms with Crippen LogP contribution in [0.15, 0.2) is 24.5 Å². The molecule has 3 N–H and O–H groups in total. The van der Waals surface area contributed by atoms with Gasteiger partial charge in [-0.1, -0.05) is 0 Å². The normalized spacial score (nSPS) is 12.0. The second-order valence-electron chi connectivity index (χ2n) is 4.91. The van der Waals surface area contributed by atoms with Crippen LogP contribution in [0.5, 0.6) is 0 Å². The summed E-state index contributed by atoms with van der Waals surface area (Å²) in [5.74, 6) is -1.37. The third-order valence-electron chi connectivity index (χ3n) is 3.43. The number of hydrogen-bond acceptors (Lipinski definition) is 3. The molecular formula is C15H17N3O3. The van der Waals surface area contributed by atoms with E-state index in [4.69, 9.17) is 5.11 Å². The Kier molecular flexibility index (Phi) is 4.07. The topological polar surface area (TPSA) is 95.1 Å². The van der Waals surface area contributed by atoms with Crippen molar-refractivity contribution in [2.24, 2.45) is 0 Å². The summed E-state index contributed by atoms with van der Waals surface area (Å²) in [6.07, 6.45) is 3.32. The number of aromatic amines is 1. The van der Waals surface area contributed by atoms with Crippen LogP contribution >= 0.6 is 0 Å². The molecule has 2 rings (SSSR count). The zero-order chi connectivity index (χ0) is 15.6. The number of aromatic nitrogens is 2. The number of H-pyrrole nitrogens is 1. The fourth-order valence-electron chi connectivity index (χ4n) is 2.31. The number of carbonyl (C=O) groups excluding carboxylic acids is 1. The molecular weight excluding hydrogens is 270 g/mol. The maximum absolute atomic E-state index is 12.4. The van der Waals surface area contributed by atoms with Gasteiger partial charge in [-0.15, -0.1) is 0 Å².